The Morgan fingerprint density at radius 1 is 1.13 bits per heavy atom. The molecule has 0 bridgehead atoms. The molecule has 0 saturated carbocycles. The van der Waals surface area contributed by atoms with Crippen molar-refractivity contribution in [1.29, 1.82) is 0 Å². The molecule has 0 spiro atoms. The van der Waals surface area contributed by atoms with Gasteiger partial charge in [0.25, 0.3) is 17.1 Å². The average Bonchev–Trinajstić information content (AvgIpc) is 2.95. The minimum absolute atomic E-state index is 0.0796. The number of carbonyl (C=O) groups excluding carboxylic acids is 4. The lowest BCUT2D eigenvalue weighted by molar-refractivity contribution is -0.122. The number of imide groups is 1. The van der Waals surface area contributed by atoms with Crippen molar-refractivity contribution < 1.29 is 19.2 Å². The van der Waals surface area contributed by atoms with Crippen LogP contribution >= 0.6 is 27.7 Å². The van der Waals surface area contributed by atoms with Crippen LogP contribution in [0.5, 0.6) is 0 Å². The van der Waals surface area contributed by atoms with Crippen molar-refractivity contribution in [3.8, 4) is 0 Å². The SMILES string of the molecule is CC(=O)Nc1ccc(C(=O)NCCN2C(=O)S/C(=C\c3cccc(Br)c3)C2=O)cc1. The van der Waals surface area contributed by atoms with E-state index >= 15 is 0 Å². The van der Waals surface area contributed by atoms with E-state index < -0.39 is 0 Å². The first kappa shape index (κ1) is 21.8. The number of hydrogen-bond acceptors (Lipinski definition) is 5. The van der Waals surface area contributed by atoms with Crippen LogP contribution in [0.3, 0.4) is 0 Å². The number of benzene rings is 2. The Labute approximate surface area is 186 Å². The zero-order valence-corrected chi connectivity index (χ0v) is 18.4. The summed E-state index contributed by atoms with van der Waals surface area (Å²) in [6, 6.07) is 13.8. The predicted molar refractivity (Wildman–Crippen MR) is 120 cm³/mol. The molecular weight excluding hydrogens is 470 g/mol. The Morgan fingerprint density at radius 2 is 1.87 bits per heavy atom. The van der Waals surface area contributed by atoms with Gasteiger partial charge < -0.3 is 10.6 Å². The summed E-state index contributed by atoms with van der Waals surface area (Å²) in [7, 11) is 0. The van der Waals surface area contributed by atoms with Gasteiger partial charge in [0.15, 0.2) is 0 Å². The van der Waals surface area contributed by atoms with Crippen molar-refractivity contribution in [2.24, 2.45) is 0 Å². The van der Waals surface area contributed by atoms with Gasteiger partial charge in [-0.15, -0.1) is 0 Å². The van der Waals surface area contributed by atoms with Crippen LogP contribution in [0.1, 0.15) is 22.8 Å². The fraction of sp³-hybridized carbons (Fsp3) is 0.143. The van der Waals surface area contributed by atoms with E-state index in [9.17, 15) is 19.2 Å². The normalized spacial score (nSPS) is 14.9. The number of carbonyl (C=O) groups is 4. The molecule has 1 heterocycles. The first-order valence-corrected chi connectivity index (χ1v) is 10.6. The molecule has 1 aliphatic heterocycles. The zero-order valence-electron chi connectivity index (χ0n) is 16.0. The number of amides is 4. The molecule has 1 aliphatic rings. The molecule has 30 heavy (non-hydrogen) atoms. The highest BCUT2D eigenvalue weighted by Crippen LogP contribution is 2.32. The van der Waals surface area contributed by atoms with Gasteiger partial charge in [0, 0.05) is 35.7 Å². The van der Waals surface area contributed by atoms with Gasteiger partial charge in [0.2, 0.25) is 5.91 Å². The predicted octanol–water partition coefficient (Wildman–Crippen LogP) is 3.87. The van der Waals surface area contributed by atoms with Crippen LogP contribution in [0, 0.1) is 0 Å². The lowest BCUT2D eigenvalue weighted by Gasteiger charge is -2.13. The number of anilines is 1. The number of nitrogens with zero attached hydrogens (tertiary/aromatic N) is 1. The lowest BCUT2D eigenvalue weighted by atomic mass is 10.2. The van der Waals surface area contributed by atoms with Gasteiger partial charge in [-0.2, -0.15) is 0 Å². The van der Waals surface area contributed by atoms with Crippen LogP contribution in [0.25, 0.3) is 6.08 Å². The van der Waals surface area contributed by atoms with E-state index in [2.05, 4.69) is 26.6 Å². The van der Waals surface area contributed by atoms with Gasteiger partial charge in [-0.25, -0.2) is 0 Å². The molecular formula is C21H18BrN3O4S. The number of halogens is 1. The van der Waals surface area contributed by atoms with E-state index in [1.165, 1.54) is 6.92 Å². The molecule has 9 heteroatoms. The standard InChI is InChI=1S/C21H18BrN3O4S/c1-13(26)24-17-7-5-15(6-8-17)19(27)23-9-10-25-20(28)18(30-21(25)29)12-14-3-2-4-16(22)11-14/h2-8,11-12H,9-10H2,1H3,(H,23,27)(H,24,26)/b18-12-. The fourth-order valence-corrected chi connectivity index (χ4v) is 4.01. The third kappa shape index (κ3) is 5.58. The number of thioether (sulfide) groups is 1. The second kappa shape index (κ2) is 9.73. The Morgan fingerprint density at radius 3 is 2.53 bits per heavy atom. The number of hydrogen-bond donors (Lipinski definition) is 2. The van der Waals surface area contributed by atoms with E-state index in [1.807, 2.05) is 24.3 Å². The van der Waals surface area contributed by atoms with Gasteiger partial charge in [0.1, 0.15) is 0 Å². The maximum atomic E-state index is 12.5. The van der Waals surface area contributed by atoms with E-state index in [0.29, 0.717) is 16.2 Å². The molecule has 1 fully saturated rings. The minimum atomic E-state index is -0.376. The molecule has 7 nitrogen and oxygen atoms in total. The van der Waals surface area contributed by atoms with Crippen molar-refractivity contribution in [3.63, 3.8) is 0 Å². The minimum Gasteiger partial charge on any atom is -0.350 e. The van der Waals surface area contributed by atoms with Crippen molar-refractivity contribution in [2.45, 2.75) is 6.92 Å². The van der Waals surface area contributed by atoms with Gasteiger partial charge >= 0.3 is 0 Å². The first-order chi connectivity index (χ1) is 14.3. The summed E-state index contributed by atoms with van der Waals surface area (Å²) < 4.78 is 0.878. The van der Waals surface area contributed by atoms with Crippen LogP contribution in [-0.4, -0.2) is 41.0 Å². The molecule has 4 amide bonds. The second-order valence-electron chi connectivity index (χ2n) is 6.40. The van der Waals surface area contributed by atoms with E-state index in [0.717, 1.165) is 26.7 Å². The molecule has 0 unspecified atom stereocenters. The number of nitrogens with one attached hydrogen (secondary N) is 2. The Bertz CT molecular complexity index is 1040. The summed E-state index contributed by atoms with van der Waals surface area (Å²) in [5.74, 6) is -0.904. The quantitative estimate of drug-likeness (QED) is 0.602. The topological polar surface area (TPSA) is 95.6 Å². The van der Waals surface area contributed by atoms with Crippen molar-refractivity contribution in [2.75, 3.05) is 18.4 Å². The van der Waals surface area contributed by atoms with Crippen LogP contribution in [0.2, 0.25) is 0 Å². The van der Waals surface area contributed by atoms with Gasteiger partial charge in [0.05, 0.1) is 4.91 Å². The monoisotopic (exact) mass is 487 g/mol. The molecule has 154 valence electrons. The molecule has 0 atom stereocenters. The Hall–Kier alpha value is -2.91. The summed E-state index contributed by atoms with van der Waals surface area (Å²) in [6.45, 7) is 1.62. The van der Waals surface area contributed by atoms with E-state index in [4.69, 9.17) is 0 Å². The maximum absolute atomic E-state index is 12.5. The Kier molecular flexibility index (Phi) is 7.07. The molecule has 1 saturated heterocycles. The summed E-state index contributed by atoms with van der Waals surface area (Å²) in [5.41, 5.74) is 1.81. The van der Waals surface area contributed by atoms with Crippen molar-refractivity contribution >= 4 is 62.4 Å². The third-order valence-electron chi connectivity index (χ3n) is 4.11. The van der Waals surface area contributed by atoms with Gasteiger partial charge in [-0.1, -0.05) is 28.1 Å². The smallest absolute Gasteiger partial charge is 0.293 e. The summed E-state index contributed by atoms with van der Waals surface area (Å²) in [5, 5.41) is 4.95. The Balaban J connectivity index is 1.55. The summed E-state index contributed by atoms with van der Waals surface area (Å²) >= 11 is 4.25. The van der Waals surface area contributed by atoms with Crippen LogP contribution < -0.4 is 10.6 Å². The average molecular weight is 488 g/mol. The molecule has 3 rings (SSSR count). The number of rotatable bonds is 6. The maximum Gasteiger partial charge on any atom is 0.293 e. The summed E-state index contributed by atoms with van der Waals surface area (Å²) in [6.07, 6.45) is 1.67. The molecule has 0 aliphatic carbocycles. The third-order valence-corrected chi connectivity index (χ3v) is 5.51. The first-order valence-electron chi connectivity index (χ1n) is 9.00. The van der Waals surface area contributed by atoms with E-state index in [-0.39, 0.29) is 36.1 Å². The van der Waals surface area contributed by atoms with Crippen LogP contribution in [-0.2, 0) is 9.59 Å². The largest absolute Gasteiger partial charge is 0.350 e. The second-order valence-corrected chi connectivity index (χ2v) is 8.31. The highest BCUT2D eigenvalue weighted by molar-refractivity contribution is 9.10. The van der Waals surface area contributed by atoms with Gasteiger partial charge in [-0.05, 0) is 59.8 Å². The molecule has 2 aromatic rings. The summed E-state index contributed by atoms with van der Waals surface area (Å²) in [4.78, 5) is 49.5. The molecule has 0 aromatic heterocycles. The van der Waals surface area contributed by atoms with Crippen LogP contribution in [0.15, 0.2) is 57.9 Å². The molecule has 2 aromatic carbocycles. The van der Waals surface area contributed by atoms with Crippen LogP contribution in [0.4, 0.5) is 10.5 Å². The fourth-order valence-electron chi connectivity index (χ4n) is 2.73. The zero-order chi connectivity index (χ0) is 21.7. The van der Waals surface area contributed by atoms with E-state index in [1.54, 1.807) is 30.3 Å². The van der Waals surface area contributed by atoms with Crippen molar-refractivity contribution in [3.05, 3.63) is 69.0 Å². The highest BCUT2D eigenvalue weighted by atomic mass is 79.9. The van der Waals surface area contributed by atoms with Crippen molar-refractivity contribution in [1.82, 2.24) is 10.2 Å². The lowest BCUT2D eigenvalue weighted by Crippen LogP contribution is -2.37. The molecule has 0 radical (unpaired) electrons. The highest BCUT2D eigenvalue weighted by Gasteiger charge is 2.34. The molecule has 2 N–H and O–H groups in total. The van der Waals surface area contributed by atoms with Gasteiger partial charge in [-0.3, -0.25) is 24.1 Å².